The number of nitrogens with one attached hydrogen (secondary N) is 1. The van der Waals surface area contributed by atoms with Gasteiger partial charge in [-0.2, -0.15) is 0 Å². The predicted molar refractivity (Wildman–Crippen MR) is 80.5 cm³/mol. The molecule has 0 atom stereocenters. The third-order valence-corrected chi connectivity index (χ3v) is 5.38. The SMILES string of the molecule is O=S(=O)(Nc1ccccc1C#CCO)c1ccc(Cl)s1. The van der Waals surface area contributed by atoms with E-state index in [-0.39, 0.29) is 10.8 Å². The number of hydrogen-bond acceptors (Lipinski definition) is 4. The monoisotopic (exact) mass is 327 g/mol. The normalized spacial score (nSPS) is 10.7. The van der Waals surface area contributed by atoms with Crippen molar-refractivity contribution in [2.75, 3.05) is 11.3 Å². The predicted octanol–water partition coefficient (Wildman–Crippen LogP) is 2.55. The van der Waals surface area contributed by atoms with E-state index < -0.39 is 10.0 Å². The van der Waals surface area contributed by atoms with Crippen molar-refractivity contribution < 1.29 is 13.5 Å². The maximum Gasteiger partial charge on any atom is 0.271 e. The number of aliphatic hydroxyl groups is 1. The van der Waals surface area contributed by atoms with E-state index in [0.717, 1.165) is 11.3 Å². The fraction of sp³-hybridized carbons (Fsp3) is 0.0769. The molecule has 0 bridgehead atoms. The van der Waals surface area contributed by atoms with Crippen LogP contribution in [0.1, 0.15) is 5.56 Å². The zero-order valence-electron chi connectivity index (χ0n) is 10.1. The Labute approximate surface area is 126 Å². The number of benzene rings is 1. The summed E-state index contributed by atoms with van der Waals surface area (Å²) in [6.45, 7) is -0.290. The number of anilines is 1. The van der Waals surface area contributed by atoms with Crippen molar-refractivity contribution in [3.8, 4) is 11.8 Å². The van der Waals surface area contributed by atoms with Gasteiger partial charge in [-0.15, -0.1) is 11.3 Å². The average molecular weight is 328 g/mol. The molecule has 4 nitrogen and oxygen atoms in total. The zero-order chi connectivity index (χ0) is 14.6. The van der Waals surface area contributed by atoms with E-state index in [0.29, 0.717) is 15.6 Å². The number of hydrogen-bond donors (Lipinski definition) is 2. The van der Waals surface area contributed by atoms with Gasteiger partial charge in [-0.25, -0.2) is 8.42 Å². The van der Waals surface area contributed by atoms with Crippen LogP contribution in [0.5, 0.6) is 0 Å². The molecule has 2 rings (SSSR count). The Morgan fingerprint density at radius 3 is 2.65 bits per heavy atom. The molecule has 20 heavy (non-hydrogen) atoms. The summed E-state index contributed by atoms with van der Waals surface area (Å²) in [6.07, 6.45) is 0. The van der Waals surface area contributed by atoms with Crippen LogP contribution in [0, 0.1) is 11.8 Å². The molecule has 1 aromatic heterocycles. The minimum atomic E-state index is -3.69. The Hall–Kier alpha value is -1.52. The molecule has 0 radical (unpaired) electrons. The number of sulfonamides is 1. The van der Waals surface area contributed by atoms with Crippen molar-refractivity contribution in [2.45, 2.75) is 4.21 Å². The van der Waals surface area contributed by atoms with Crippen LogP contribution < -0.4 is 4.72 Å². The molecule has 2 N–H and O–H groups in total. The van der Waals surface area contributed by atoms with Crippen LogP contribution in [0.25, 0.3) is 0 Å². The molecule has 0 fully saturated rings. The van der Waals surface area contributed by atoms with Gasteiger partial charge in [0.2, 0.25) is 0 Å². The first-order chi connectivity index (χ1) is 9.53. The molecule has 0 aliphatic rings. The minimum Gasteiger partial charge on any atom is -0.384 e. The van der Waals surface area contributed by atoms with Crippen LogP contribution >= 0.6 is 22.9 Å². The van der Waals surface area contributed by atoms with E-state index in [1.807, 2.05) is 0 Å². The molecular weight excluding hydrogens is 318 g/mol. The molecule has 7 heteroatoms. The highest BCUT2D eigenvalue weighted by Gasteiger charge is 2.17. The van der Waals surface area contributed by atoms with Crippen LogP contribution in [-0.2, 0) is 10.0 Å². The van der Waals surface area contributed by atoms with Gasteiger partial charge in [-0.1, -0.05) is 35.6 Å². The second-order valence-corrected chi connectivity index (χ2v) is 7.29. The first kappa shape index (κ1) is 14.9. The van der Waals surface area contributed by atoms with E-state index in [2.05, 4.69) is 16.6 Å². The molecule has 1 aromatic carbocycles. The summed E-state index contributed by atoms with van der Waals surface area (Å²) < 4.78 is 27.4. The zero-order valence-corrected chi connectivity index (χ0v) is 12.5. The van der Waals surface area contributed by atoms with Crippen molar-refractivity contribution in [1.29, 1.82) is 0 Å². The summed E-state index contributed by atoms with van der Waals surface area (Å²) in [6, 6.07) is 9.68. The van der Waals surface area contributed by atoms with Gasteiger partial charge >= 0.3 is 0 Å². The Bertz CT molecular complexity index is 772. The number of aliphatic hydroxyl groups excluding tert-OH is 1. The van der Waals surface area contributed by atoms with E-state index in [1.54, 1.807) is 24.3 Å². The first-order valence-electron chi connectivity index (χ1n) is 5.50. The maximum absolute atomic E-state index is 12.2. The second kappa shape index (κ2) is 6.29. The summed E-state index contributed by atoms with van der Waals surface area (Å²) >= 11 is 6.72. The van der Waals surface area contributed by atoms with Crippen LogP contribution in [0.3, 0.4) is 0 Å². The van der Waals surface area contributed by atoms with Crippen LogP contribution in [0.15, 0.2) is 40.6 Å². The van der Waals surface area contributed by atoms with Crippen molar-refractivity contribution in [1.82, 2.24) is 0 Å². The Morgan fingerprint density at radius 1 is 1.25 bits per heavy atom. The van der Waals surface area contributed by atoms with Gasteiger partial charge in [0.25, 0.3) is 10.0 Å². The van der Waals surface area contributed by atoms with E-state index in [9.17, 15) is 8.42 Å². The lowest BCUT2D eigenvalue weighted by molar-refractivity contribution is 0.350. The lowest BCUT2D eigenvalue weighted by Crippen LogP contribution is -2.12. The highest BCUT2D eigenvalue weighted by molar-refractivity contribution is 7.94. The molecule has 0 saturated heterocycles. The third kappa shape index (κ3) is 3.52. The molecule has 0 aliphatic carbocycles. The highest BCUT2D eigenvalue weighted by Crippen LogP contribution is 2.27. The number of rotatable bonds is 3. The molecule has 0 spiro atoms. The number of thiophene rings is 1. The quantitative estimate of drug-likeness (QED) is 0.851. The first-order valence-corrected chi connectivity index (χ1v) is 8.17. The van der Waals surface area contributed by atoms with Crippen molar-refractivity contribution in [3.05, 3.63) is 46.3 Å². The molecule has 1 heterocycles. The lowest BCUT2D eigenvalue weighted by atomic mass is 10.2. The van der Waals surface area contributed by atoms with Gasteiger partial charge in [-0.3, -0.25) is 4.72 Å². The number of halogens is 1. The third-order valence-electron chi connectivity index (χ3n) is 2.29. The topological polar surface area (TPSA) is 66.4 Å². The summed E-state index contributed by atoms with van der Waals surface area (Å²) in [5.74, 6) is 5.18. The Kier molecular flexibility index (Phi) is 4.68. The molecule has 0 amide bonds. The van der Waals surface area contributed by atoms with Crippen molar-refractivity contribution in [2.24, 2.45) is 0 Å². The maximum atomic E-state index is 12.2. The molecular formula is C13H10ClNO3S2. The number of para-hydroxylation sites is 1. The minimum absolute atomic E-state index is 0.132. The van der Waals surface area contributed by atoms with E-state index >= 15 is 0 Å². The Balaban J connectivity index is 2.35. The molecule has 104 valence electrons. The fourth-order valence-corrected chi connectivity index (χ4v) is 4.02. The van der Waals surface area contributed by atoms with Gasteiger partial charge in [-0.05, 0) is 24.3 Å². The van der Waals surface area contributed by atoms with Gasteiger partial charge < -0.3 is 5.11 Å². The smallest absolute Gasteiger partial charge is 0.271 e. The summed E-state index contributed by atoms with van der Waals surface area (Å²) in [7, 11) is -3.69. The van der Waals surface area contributed by atoms with Gasteiger partial charge in [0, 0.05) is 5.56 Å². The van der Waals surface area contributed by atoms with Gasteiger partial charge in [0.05, 0.1) is 10.0 Å². The molecule has 0 saturated carbocycles. The lowest BCUT2D eigenvalue weighted by Gasteiger charge is -2.08. The van der Waals surface area contributed by atoms with Crippen molar-refractivity contribution in [3.63, 3.8) is 0 Å². The molecule has 0 aliphatic heterocycles. The van der Waals surface area contributed by atoms with Crippen LogP contribution in [0.4, 0.5) is 5.69 Å². The second-order valence-electron chi connectivity index (χ2n) is 3.67. The average Bonchev–Trinajstić information content (AvgIpc) is 2.85. The van der Waals surface area contributed by atoms with Crippen LogP contribution in [0.2, 0.25) is 4.34 Å². The van der Waals surface area contributed by atoms with Gasteiger partial charge in [0.1, 0.15) is 10.8 Å². The molecule has 0 unspecified atom stereocenters. The van der Waals surface area contributed by atoms with Crippen LogP contribution in [-0.4, -0.2) is 20.1 Å². The standard InChI is InChI=1S/C13H10ClNO3S2/c14-12-7-8-13(19-12)20(17,18)15-11-6-2-1-4-10(11)5-3-9-16/h1-2,4,6-8,15-16H,9H2. The van der Waals surface area contributed by atoms with Crippen molar-refractivity contribution >= 4 is 38.6 Å². The summed E-state index contributed by atoms with van der Waals surface area (Å²) in [5.41, 5.74) is 0.853. The summed E-state index contributed by atoms with van der Waals surface area (Å²) in [4.78, 5) is 0. The summed E-state index contributed by atoms with van der Waals surface area (Å²) in [5, 5.41) is 8.71. The van der Waals surface area contributed by atoms with E-state index in [1.165, 1.54) is 12.1 Å². The van der Waals surface area contributed by atoms with Gasteiger partial charge in [0.15, 0.2) is 0 Å². The molecule has 2 aromatic rings. The fourth-order valence-electron chi connectivity index (χ4n) is 1.45. The van der Waals surface area contributed by atoms with E-state index in [4.69, 9.17) is 16.7 Å². The largest absolute Gasteiger partial charge is 0.384 e. The highest BCUT2D eigenvalue weighted by atomic mass is 35.5. The Morgan fingerprint density at radius 2 is 2.00 bits per heavy atom.